The van der Waals surface area contributed by atoms with Crippen molar-refractivity contribution >= 4 is 12.2 Å². The zero-order valence-electron chi connectivity index (χ0n) is 18.8. The molecule has 0 radical (unpaired) electrons. The number of rotatable bonds is 3. The third-order valence-corrected chi connectivity index (χ3v) is 4.93. The van der Waals surface area contributed by atoms with Crippen LogP contribution in [0, 0.1) is 0 Å². The Bertz CT molecular complexity index is 672. The van der Waals surface area contributed by atoms with E-state index < -0.39 is 5.60 Å². The van der Waals surface area contributed by atoms with Crippen LogP contribution in [0.15, 0.2) is 48.6 Å². The maximum absolute atomic E-state index is 12.3. The maximum Gasteiger partial charge on any atom is 0.410 e. The number of amides is 2. The Morgan fingerprint density at radius 2 is 1.73 bits per heavy atom. The van der Waals surface area contributed by atoms with Gasteiger partial charge in [-0.2, -0.15) is 0 Å². The Hall–Kier alpha value is -2.50. The molecule has 6 heteroatoms. The highest BCUT2D eigenvalue weighted by molar-refractivity contribution is 5.70. The summed E-state index contributed by atoms with van der Waals surface area (Å²) >= 11 is 0. The van der Waals surface area contributed by atoms with Crippen LogP contribution in [-0.2, 0) is 9.47 Å². The van der Waals surface area contributed by atoms with Gasteiger partial charge in [0.2, 0.25) is 0 Å². The van der Waals surface area contributed by atoms with Crippen LogP contribution in [0.5, 0.6) is 0 Å². The highest BCUT2D eigenvalue weighted by atomic mass is 16.6. The van der Waals surface area contributed by atoms with Gasteiger partial charge in [0.05, 0.1) is 6.04 Å². The molecule has 1 aromatic carbocycles. The lowest BCUT2D eigenvalue weighted by Crippen LogP contribution is -2.55. The van der Waals surface area contributed by atoms with Crippen LogP contribution in [0.25, 0.3) is 0 Å². The van der Waals surface area contributed by atoms with Crippen molar-refractivity contribution < 1.29 is 19.1 Å². The molecule has 0 aromatic heterocycles. The maximum atomic E-state index is 12.3. The van der Waals surface area contributed by atoms with Gasteiger partial charge in [0, 0.05) is 32.5 Å². The summed E-state index contributed by atoms with van der Waals surface area (Å²) in [6, 6.07) is 12.0. The molecule has 2 atom stereocenters. The Labute approximate surface area is 180 Å². The minimum atomic E-state index is -0.510. The summed E-state index contributed by atoms with van der Waals surface area (Å²) < 4.78 is 11.0. The first-order valence-corrected chi connectivity index (χ1v) is 10.8. The zero-order chi connectivity index (χ0) is 22.1. The molecule has 0 saturated carbocycles. The van der Waals surface area contributed by atoms with E-state index in [1.165, 1.54) is 0 Å². The Morgan fingerprint density at radius 1 is 1.13 bits per heavy atom. The Kier molecular flexibility index (Phi) is 8.75. The van der Waals surface area contributed by atoms with E-state index in [0.29, 0.717) is 26.1 Å². The molecule has 0 bridgehead atoms. The van der Waals surface area contributed by atoms with Gasteiger partial charge in [0.15, 0.2) is 0 Å². The number of benzene rings is 1. The van der Waals surface area contributed by atoms with Crippen molar-refractivity contribution in [1.29, 1.82) is 0 Å². The molecule has 0 spiro atoms. The molecule has 30 heavy (non-hydrogen) atoms. The van der Waals surface area contributed by atoms with E-state index in [1.54, 1.807) is 9.80 Å². The van der Waals surface area contributed by atoms with Crippen molar-refractivity contribution in [3.63, 3.8) is 0 Å². The van der Waals surface area contributed by atoms with E-state index in [4.69, 9.17) is 9.47 Å². The van der Waals surface area contributed by atoms with E-state index in [9.17, 15) is 9.59 Å². The molecule has 1 aromatic rings. The van der Waals surface area contributed by atoms with E-state index in [-0.39, 0.29) is 24.3 Å². The molecule has 2 saturated heterocycles. The number of hydrogen-bond donors (Lipinski definition) is 0. The van der Waals surface area contributed by atoms with Crippen LogP contribution in [0.2, 0.25) is 0 Å². The summed E-state index contributed by atoms with van der Waals surface area (Å²) in [5, 5.41) is 0. The molecule has 2 unspecified atom stereocenters. The first-order chi connectivity index (χ1) is 14.2. The number of piperidine rings is 1. The SMILES string of the molecule is C=C(C)CC1CCN(C2CCCN(C(=O)OC(C)(C)C)C2)C(=O)O1.c1ccccc1. The van der Waals surface area contributed by atoms with Crippen molar-refractivity contribution in [3.05, 3.63) is 48.6 Å². The second kappa shape index (κ2) is 11.0. The summed E-state index contributed by atoms with van der Waals surface area (Å²) in [7, 11) is 0. The molecule has 3 rings (SSSR count). The monoisotopic (exact) mass is 416 g/mol. The van der Waals surface area contributed by atoms with Crippen LogP contribution < -0.4 is 0 Å². The summed E-state index contributed by atoms with van der Waals surface area (Å²) in [5.41, 5.74) is 0.513. The van der Waals surface area contributed by atoms with Gasteiger partial charge in [-0.05, 0) is 40.5 Å². The van der Waals surface area contributed by atoms with Gasteiger partial charge >= 0.3 is 12.2 Å². The van der Waals surface area contributed by atoms with E-state index in [0.717, 1.165) is 24.8 Å². The minimum absolute atomic E-state index is 0.00421. The molecule has 6 nitrogen and oxygen atoms in total. The lowest BCUT2D eigenvalue weighted by Gasteiger charge is -2.42. The zero-order valence-corrected chi connectivity index (χ0v) is 18.8. The van der Waals surface area contributed by atoms with Crippen LogP contribution in [0.1, 0.15) is 53.4 Å². The Balaban J connectivity index is 0.000000456. The smallest absolute Gasteiger partial charge is 0.410 e. The van der Waals surface area contributed by atoms with Crippen molar-refractivity contribution in [2.24, 2.45) is 0 Å². The fourth-order valence-corrected chi connectivity index (χ4v) is 3.59. The van der Waals surface area contributed by atoms with Gasteiger partial charge in [-0.3, -0.25) is 0 Å². The van der Waals surface area contributed by atoms with Gasteiger partial charge < -0.3 is 19.3 Å². The standard InChI is InChI=1S/C18H30N2O4.C6H6/c1-13(2)11-15-8-10-20(17(22)23-15)14-7-6-9-19(12-14)16(21)24-18(3,4)5;1-2-4-6-5-3-1/h14-15H,1,6-12H2,2-5H3;1-6H. The average Bonchev–Trinajstić information content (AvgIpc) is 2.68. The first-order valence-electron chi connectivity index (χ1n) is 10.8. The lowest BCUT2D eigenvalue weighted by molar-refractivity contribution is -0.0122. The third kappa shape index (κ3) is 8.09. The normalized spacial score (nSPS) is 21.8. The summed E-state index contributed by atoms with van der Waals surface area (Å²) in [6.07, 6.45) is 2.62. The van der Waals surface area contributed by atoms with Crippen molar-refractivity contribution in [3.8, 4) is 0 Å². The number of hydrogen-bond acceptors (Lipinski definition) is 4. The van der Waals surface area contributed by atoms with Gasteiger partial charge in [-0.25, -0.2) is 9.59 Å². The second-order valence-electron chi connectivity index (χ2n) is 9.03. The van der Waals surface area contributed by atoms with Crippen molar-refractivity contribution in [2.45, 2.75) is 71.1 Å². The minimum Gasteiger partial charge on any atom is -0.446 e. The van der Waals surface area contributed by atoms with Gasteiger partial charge in [0.1, 0.15) is 11.7 Å². The molecule has 2 aliphatic heterocycles. The second-order valence-corrected chi connectivity index (χ2v) is 9.03. The summed E-state index contributed by atoms with van der Waals surface area (Å²) in [5.74, 6) is 0. The fourth-order valence-electron chi connectivity index (χ4n) is 3.59. The number of cyclic esters (lactones) is 1. The van der Waals surface area contributed by atoms with E-state index >= 15 is 0 Å². The quantitative estimate of drug-likeness (QED) is 0.632. The highest BCUT2D eigenvalue weighted by Gasteiger charge is 2.36. The van der Waals surface area contributed by atoms with Gasteiger partial charge in [-0.1, -0.05) is 42.0 Å². The number of ether oxygens (including phenoxy) is 2. The fraction of sp³-hybridized carbons (Fsp3) is 0.583. The third-order valence-electron chi connectivity index (χ3n) is 4.93. The largest absolute Gasteiger partial charge is 0.446 e. The average molecular weight is 417 g/mol. The molecule has 2 amide bonds. The van der Waals surface area contributed by atoms with Crippen LogP contribution in [0.4, 0.5) is 9.59 Å². The van der Waals surface area contributed by atoms with E-state index in [1.807, 2.05) is 64.1 Å². The van der Waals surface area contributed by atoms with Gasteiger partial charge in [-0.15, -0.1) is 6.58 Å². The molecule has 2 heterocycles. The molecule has 166 valence electrons. The molecular formula is C24H36N2O4. The Morgan fingerprint density at radius 3 is 2.23 bits per heavy atom. The van der Waals surface area contributed by atoms with Crippen LogP contribution in [0.3, 0.4) is 0 Å². The van der Waals surface area contributed by atoms with E-state index in [2.05, 4.69) is 6.58 Å². The van der Waals surface area contributed by atoms with Gasteiger partial charge in [0.25, 0.3) is 0 Å². The topological polar surface area (TPSA) is 59.1 Å². The molecule has 0 aliphatic carbocycles. The lowest BCUT2D eigenvalue weighted by atomic mass is 10.0. The highest BCUT2D eigenvalue weighted by Crippen LogP contribution is 2.24. The van der Waals surface area contributed by atoms with Crippen LogP contribution in [-0.4, -0.2) is 59.4 Å². The van der Waals surface area contributed by atoms with Crippen molar-refractivity contribution in [2.75, 3.05) is 19.6 Å². The molecule has 0 N–H and O–H groups in total. The molecular weight excluding hydrogens is 380 g/mol. The first kappa shape index (κ1) is 23.8. The number of likely N-dealkylation sites (tertiary alicyclic amines) is 1. The predicted octanol–water partition coefficient (Wildman–Crippen LogP) is 5.25. The summed E-state index contributed by atoms with van der Waals surface area (Å²) in [6.45, 7) is 13.2. The summed E-state index contributed by atoms with van der Waals surface area (Å²) in [4.78, 5) is 28.1. The number of nitrogens with zero attached hydrogens (tertiary/aromatic N) is 2. The number of carbonyl (C=O) groups excluding carboxylic acids is 2. The number of carbonyl (C=O) groups is 2. The van der Waals surface area contributed by atoms with Crippen molar-refractivity contribution in [1.82, 2.24) is 9.80 Å². The van der Waals surface area contributed by atoms with Crippen LogP contribution >= 0.6 is 0 Å². The molecule has 2 fully saturated rings. The predicted molar refractivity (Wildman–Crippen MR) is 118 cm³/mol. The molecule has 2 aliphatic rings.